The number of H-pyrrole nitrogens is 1. The van der Waals surface area contributed by atoms with E-state index in [4.69, 9.17) is 23.2 Å². The molecule has 0 aliphatic rings. The molecule has 0 unspecified atom stereocenters. The van der Waals surface area contributed by atoms with Gasteiger partial charge >= 0.3 is 0 Å². The van der Waals surface area contributed by atoms with E-state index in [1.54, 1.807) is 18.3 Å². The summed E-state index contributed by atoms with van der Waals surface area (Å²) in [5, 5.41) is 11.9. The fourth-order valence-corrected chi connectivity index (χ4v) is 2.31. The van der Waals surface area contributed by atoms with Crippen molar-refractivity contribution in [1.82, 2.24) is 20.2 Å². The zero-order valence-corrected chi connectivity index (χ0v) is 12.8. The lowest BCUT2D eigenvalue weighted by Gasteiger charge is -2.08. The van der Waals surface area contributed by atoms with Crippen molar-refractivity contribution in [3.63, 3.8) is 0 Å². The Morgan fingerprint density at radius 2 is 2.05 bits per heavy atom. The van der Waals surface area contributed by atoms with Gasteiger partial charge in [0.05, 0.1) is 27.3 Å². The Morgan fingerprint density at radius 1 is 1.19 bits per heavy atom. The molecule has 0 radical (unpaired) electrons. The van der Waals surface area contributed by atoms with E-state index in [0.29, 0.717) is 21.6 Å². The molecule has 0 fully saturated rings. The monoisotopic (exact) mass is 321 g/mol. The molecule has 2 heterocycles. The molecule has 3 rings (SSSR count). The zero-order chi connectivity index (χ0) is 14.8. The van der Waals surface area contributed by atoms with E-state index < -0.39 is 0 Å². The number of nitrogens with one attached hydrogen (secondary N) is 2. The second-order valence-electron chi connectivity index (χ2n) is 4.58. The van der Waals surface area contributed by atoms with Crippen LogP contribution in [0.1, 0.15) is 13.3 Å². The van der Waals surface area contributed by atoms with Crippen molar-refractivity contribution in [1.29, 1.82) is 0 Å². The average Bonchev–Trinajstić information content (AvgIpc) is 2.95. The zero-order valence-electron chi connectivity index (χ0n) is 11.3. The van der Waals surface area contributed by atoms with Crippen LogP contribution in [0, 0.1) is 0 Å². The number of benzene rings is 1. The third kappa shape index (κ3) is 2.80. The van der Waals surface area contributed by atoms with Gasteiger partial charge in [0.1, 0.15) is 0 Å². The molecule has 0 amide bonds. The molecule has 0 atom stereocenters. The molecule has 108 valence electrons. The minimum absolute atomic E-state index is 0.493. The van der Waals surface area contributed by atoms with Gasteiger partial charge in [0.25, 0.3) is 0 Å². The maximum absolute atomic E-state index is 6.10. The Balaban J connectivity index is 2.14. The van der Waals surface area contributed by atoms with Crippen LogP contribution in [0.4, 0.5) is 5.95 Å². The van der Waals surface area contributed by atoms with Gasteiger partial charge in [0, 0.05) is 12.1 Å². The molecule has 2 N–H and O–H groups in total. The van der Waals surface area contributed by atoms with Crippen LogP contribution >= 0.6 is 23.2 Å². The third-order valence-corrected chi connectivity index (χ3v) is 3.77. The largest absolute Gasteiger partial charge is 0.354 e. The van der Waals surface area contributed by atoms with E-state index >= 15 is 0 Å². The van der Waals surface area contributed by atoms with Gasteiger partial charge in [-0.05, 0) is 18.6 Å². The van der Waals surface area contributed by atoms with Crippen LogP contribution in [0.2, 0.25) is 10.0 Å². The highest BCUT2D eigenvalue weighted by Crippen LogP contribution is 2.31. The molecule has 1 aromatic carbocycles. The first kappa shape index (κ1) is 14.1. The van der Waals surface area contributed by atoms with Gasteiger partial charge in [-0.1, -0.05) is 36.2 Å². The molecule has 0 aliphatic heterocycles. The number of halogens is 2. The summed E-state index contributed by atoms with van der Waals surface area (Å²) in [6.07, 6.45) is 2.70. The fraction of sp³-hybridized carbons (Fsp3) is 0.214. The number of hydrogen-bond acceptors (Lipinski definition) is 4. The van der Waals surface area contributed by atoms with Gasteiger partial charge in [-0.25, -0.2) is 4.98 Å². The van der Waals surface area contributed by atoms with Crippen LogP contribution < -0.4 is 5.32 Å². The highest BCUT2D eigenvalue weighted by molar-refractivity contribution is 6.42. The van der Waals surface area contributed by atoms with Gasteiger partial charge in [-0.3, -0.25) is 5.10 Å². The molecule has 0 spiro atoms. The minimum Gasteiger partial charge on any atom is -0.354 e. The molecular formula is C14H13Cl2N5. The first-order valence-electron chi connectivity index (χ1n) is 6.59. The minimum atomic E-state index is 0.493. The fourth-order valence-electron chi connectivity index (χ4n) is 2.01. The van der Waals surface area contributed by atoms with Gasteiger partial charge < -0.3 is 5.32 Å². The predicted octanol–water partition coefficient (Wildman–Crippen LogP) is 4.15. The van der Waals surface area contributed by atoms with Gasteiger partial charge in [0.15, 0.2) is 5.65 Å². The highest BCUT2D eigenvalue weighted by Gasteiger charge is 2.12. The van der Waals surface area contributed by atoms with Crippen LogP contribution in [0.5, 0.6) is 0 Å². The van der Waals surface area contributed by atoms with Gasteiger partial charge in [-0.2, -0.15) is 10.1 Å². The normalized spacial score (nSPS) is 11.0. The molecule has 0 saturated heterocycles. The number of aromatic nitrogens is 4. The predicted molar refractivity (Wildman–Crippen MR) is 85.9 cm³/mol. The van der Waals surface area contributed by atoms with E-state index in [-0.39, 0.29) is 0 Å². The lowest BCUT2D eigenvalue weighted by molar-refractivity contribution is 0.955. The van der Waals surface area contributed by atoms with Crippen molar-refractivity contribution in [3.05, 3.63) is 34.4 Å². The van der Waals surface area contributed by atoms with Gasteiger partial charge in [-0.15, -0.1) is 0 Å². The Hall–Kier alpha value is -1.85. The lowest BCUT2D eigenvalue weighted by atomic mass is 10.1. The van der Waals surface area contributed by atoms with Crippen LogP contribution in [0.25, 0.3) is 22.3 Å². The Bertz CT molecular complexity index is 784. The van der Waals surface area contributed by atoms with Crippen LogP contribution in [-0.2, 0) is 0 Å². The van der Waals surface area contributed by atoms with Crippen molar-refractivity contribution >= 4 is 40.2 Å². The molecule has 3 aromatic rings. The topological polar surface area (TPSA) is 66.5 Å². The second-order valence-corrected chi connectivity index (χ2v) is 5.40. The summed E-state index contributed by atoms with van der Waals surface area (Å²) >= 11 is 12.1. The number of fused-ring (bicyclic) bond motifs is 1. The Morgan fingerprint density at radius 3 is 2.81 bits per heavy atom. The molecule has 0 saturated carbocycles. The smallest absolute Gasteiger partial charge is 0.225 e. The third-order valence-electron chi connectivity index (χ3n) is 3.04. The summed E-state index contributed by atoms with van der Waals surface area (Å²) < 4.78 is 0. The van der Waals surface area contributed by atoms with E-state index in [1.807, 2.05) is 6.07 Å². The summed E-state index contributed by atoms with van der Waals surface area (Å²) in [5.74, 6) is 0.565. The summed E-state index contributed by atoms with van der Waals surface area (Å²) in [5.41, 5.74) is 2.33. The Labute approximate surface area is 131 Å². The van der Waals surface area contributed by atoms with Crippen molar-refractivity contribution in [2.75, 3.05) is 11.9 Å². The van der Waals surface area contributed by atoms with Crippen molar-refractivity contribution in [2.45, 2.75) is 13.3 Å². The maximum Gasteiger partial charge on any atom is 0.225 e. The lowest BCUT2D eigenvalue weighted by Crippen LogP contribution is -2.05. The first-order chi connectivity index (χ1) is 10.2. The van der Waals surface area contributed by atoms with Crippen LogP contribution in [0.3, 0.4) is 0 Å². The van der Waals surface area contributed by atoms with Crippen LogP contribution in [0.15, 0.2) is 24.4 Å². The molecular weight excluding hydrogens is 309 g/mol. The maximum atomic E-state index is 6.10. The summed E-state index contributed by atoms with van der Waals surface area (Å²) in [7, 11) is 0. The van der Waals surface area contributed by atoms with Crippen molar-refractivity contribution in [3.8, 4) is 11.3 Å². The molecule has 7 heteroatoms. The standard InChI is InChI=1S/C14H13Cl2N5/c1-2-5-17-14-19-12(9-7-18-21-13(9)20-14)8-3-4-10(15)11(16)6-8/h3-4,6-7H,2,5H2,1H3,(H2,17,18,19,20,21). The highest BCUT2D eigenvalue weighted by atomic mass is 35.5. The molecule has 0 bridgehead atoms. The summed E-state index contributed by atoms with van der Waals surface area (Å²) in [4.78, 5) is 8.97. The number of nitrogens with zero attached hydrogens (tertiary/aromatic N) is 3. The van der Waals surface area contributed by atoms with E-state index in [9.17, 15) is 0 Å². The SMILES string of the molecule is CCCNc1nc(-c2ccc(Cl)c(Cl)c2)c2cn[nH]c2n1. The number of hydrogen-bond donors (Lipinski definition) is 2. The average molecular weight is 322 g/mol. The molecule has 5 nitrogen and oxygen atoms in total. The summed E-state index contributed by atoms with van der Waals surface area (Å²) in [6.45, 7) is 2.89. The van der Waals surface area contributed by atoms with E-state index in [1.165, 1.54) is 0 Å². The molecule has 0 aliphatic carbocycles. The molecule has 2 aromatic heterocycles. The van der Waals surface area contributed by atoms with Crippen LogP contribution in [-0.4, -0.2) is 26.7 Å². The number of aromatic amines is 1. The number of rotatable bonds is 4. The quantitative estimate of drug-likeness (QED) is 0.757. The second kappa shape index (κ2) is 5.87. The van der Waals surface area contributed by atoms with Gasteiger partial charge in [0.2, 0.25) is 5.95 Å². The first-order valence-corrected chi connectivity index (χ1v) is 7.35. The Kier molecular flexibility index (Phi) is 3.94. The van der Waals surface area contributed by atoms with Crippen molar-refractivity contribution < 1.29 is 0 Å². The van der Waals surface area contributed by atoms with E-state index in [0.717, 1.165) is 29.6 Å². The molecule has 21 heavy (non-hydrogen) atoms. The summed E-state index contributed by atoms with van der Waals surface area (Å²) in [6, 6.07) is 5.43. The van der Waals surface area contributed by atoms with E-state index in [2.05, 4.69) is 32.4 Å². The van der Waals surface area contributed by atoms with Crippen molar-refractivity contribution in [2.24, 2.45) is 0 Å². The number of anilines is 1.